The number of anilines is 1. The van der Waals surface area contributed by atoms with E-state index in [1.165, 1.54) is 12.4 Å². The van der Waals surface area contributed by atoms with Crippen LogP contribution < -0.4 is 10.3 Å². The summed E-state index contributed by atoms with van der Waals surface area (Å²) in [6.07, 6.45) is 5.03. The highest BCUT2D eigenvalue weighted by molar-refractivity contribution is 5.93. The Labute approximate surface area is 158 Å². The zero-order valence-corrected chi connectivity index (χ0v) is 16.0. The number of rotatable bonds is 4. The van der Waals surface area contributed by atoms with Crippen LogP contribution in [0, 0.1) is 5.82 Å². The van der Waals surface area contributed by atoms with E-state index in [9.17, 15) is 9.18 Å². The van der Waals surface area contributed by atoms with E-state index in [1.807, 2.05) is 6.92 Å². The van der Waals surface area contributed by atoms with Crippen LogP contribution in [0.5, 0.6) is 0 Å². The highest BCUT2D eigenvalue weighted by atomic mass is 19.1. The molecule has 140 valence electrons. The monoisotopic (exact) mass is 366 g/mol. The summed E-state index contributed by atoms with van der Waals surface area (Å²) in [7, 11) is 0. The molecule has 0 saturated carbocycles. The SMILES string of the molecule is CCN1c2cc(F)c(/C=N\NC(=O)c3ccccn3)cc2C(C)=CC1(C)C. The van der Waals surface area contributed by atoms with Gasteiger partial charge in [-0.2, -0.15) is 5.10 Å². The zero-order valence-electron chi connectivity index (χ0n) is 16.0. The molecule has 0 radical (unpaired) electrons. The van der Waals surface area contributed by atoms with Gasteiger partial charge in [-0.1, -0.05) is 12.1 Å². The quantitative estimate of drug-likeness (QED) is 0.657. The van der Waals surface area contributed by atoms with Crippen LogP contribution >= 0.6 is 0 Å². The van der Waals surface area contributed by atoms with Gasteiger partial charge in [-0.3, -0.25) is 9.78 Å². The van der Waals surface area contributed by atoms with Crippen molar-refractivity contribution in [1.29, 1.82) is 0 Å². The maximum atomic E-state index is 14.7. The fourth-order valence-electron chi connectivity index (χ4n) is 3.51. The first-order chi connectivity index (χ1) is 12.8. The first kappa shape index (κ1) is 18.8. The van der Waals surface area contributed by atoms with Gasteiger partial charge in [0.25, 0.3) is 5.91 Å². The van der Waals surface area contributed by atoms with Crippen LogP contribution in [0.25, 0.3) is 5.57 Å². The summed E-state index contributed by atoms with van der Waals surface area (Å²) in [6.45, 7) is 9.08. The molecular weight excluding hydrogens is 343 g/mol. The Hall–Kier alpha value is -3.02. The normalized spacial score (nSPS) is 15.4. The number of hydrazone groups is 1. The van der Waals surface area contributed by atoms with Crippen molar-refractivity contribution in [2.45, 2.75) is 33.2 Å². The molecule has 0 fully saturated rings. The number of nitrogens with one attached hydrogen (secondary N) is 1. The van der Waals surface area contributed by atoms with E-state index in [4.69, 9.17) is 0 Å². The lowest BCUT2D eigenvalue weighted by Gasteiger charge is -2.42. The van der Waals surface area contributed by atoms with Gasteiger partial charge in [0.2, 0.25) is 0 Å². The lowest BCUT2D eigenvalue weighted by Crippen LogP contribution is -2.45. The van der Waals surface area contributed by atoms with Crippen molar-refractivity contribution in [3.8, 4) is 0 Å². The number of amides is 1. The molecule has 0 unspecified atom stereocenters. The topological polar surface area (TPSA) is 57.6 Å². The van der Waals surface area contributed by atoms with Crippen molar-refractivity contribution in [2.24, 2.45) is 5.10 Å². The van der Waals surface area contributed by atoms with E-state index in [0.29, 0.717) is 5.56 Å². The second kappa shape index (κ2) is 7.31. The minimum absolute atomic E-state index is 0.176. The molecule has 1 aromatic carbocycles. The molecule has 1 aliphatic rings. The van der Waals surface area contributed by atoms with E-state index >= 15 is 0 Å². The van der Waals surface area contributed by atoms with Gasteiger partial charge in [-0.15, -0.1) is 0 Å². The van der Waals surface area contributed by atoms with Gasteiger partial charge in [0.05, 0.1) is 11.8 Å². The number of aromatic nitrogens is 1. The summed E-state index contributed by atoms with van der Waals surface area (Å²) in [5, 5.41) is 3.88. The third-order valence-corrected chi connectivity index (χ3v) is 4.68. The Morgan fingerprint density at radius 3 is 2.81 bits per heavy atom. The number of fused-ring (bicyclic) bond motifs is 1. The molecule has 3 rings (SSSR count). The largest absolute Gasteiger partial charge is 0.363 e. The van der Waals surface area contributed by atoms with Crippen molar-refractivity contribution in [3.05, 3.63) is 65.2 Å². The molecule has 0 saturated heterocycles. The third-order valence-electron chi connectivity index (χ3n) is 4.68. The Kier molecular flexibility index (Phi) is 5.08. The van der Waals surface area contributed by atoms with Gasteiger partial charge in [0.1, 0.15) is 11.5 Å². The van der Waals surface area contributed by atoms with Crippen LogP contribution in [0.1, 0.15) is 49.3 Å². The maximum Gasteiger partial charge on any atom is 0.289 e. The number of hydrogen-bond donors (Lipinski definition) is 1. The molecule has 27 heavy (non-hydrogen) atoms. The van der Waals surface area contributed by atoms with Crippen molar-refractivity contribution in [3.63, 3.8) is 0 Å². The van der Waals surface area contributed by atoms with E-state index in [2.05, 4.69) is 47.3 Å². The predicted molar refractivity (Wildman–Crippen MR) is 106 cm³/mol. The summed E-state index contributed by atoms with van der Waals surface area (Å²) in [6, 6.07) is 8.33. The average molecular weight is 366 g/mol. The standard InChI is InChI=1S/C21H23FN4O/c1-5-26-19-11-17(22)15(10-16(19)14(2)12-21(26,3)4)13-24-25-20(27)18-8-6-7-9-23-18/h6-13H,5H2,1-4H3,(H,25,27)/b24-13-. The molecule has 1 aromatic heterocycles. The number of nitrogens with zero attached hydrogens (tertiary/aromatic N) is 3. The van der Waals surface area contributed by atoms with Crippen LogP contribution in [-0.2, 0) is 0 Å². The summed E-state index contributed by atoms with van der Waals surface area (Å²) < 4.78 is 14.7. The molecule has 0 bridgehead atoms. The average Bonchev–Trinajstić information content (AvgIpc) is 2.63. The van der Waals surface area contributed by atoms with Gasteiger partial charge in [-0.25, -0.2) is 9.82 Å². The number of benzene rings is 1. The molecule has 1 N–H and O–H groups in total. The van der Waals surface area contributed by atoms with Crippen LogP contribution in [0.4, 0.5) is 10.1 Å². The van der Waals surface area contributed by atoms with Crippen molar-refractivity contribution >= 4 is 23.4 Å². The second-order valence-corrected chi connectivity index (χ2v) is 7.03. The van der Waals surface area contributed by atoms with Crippen molar-refractivity contribution in [2.75, 3.05) is 11.4 Å². The molecule has 0 spiro atoms. The second-order valence-electron chi connectivity index (χ2n) is 7.03. The van der Waals surface area contributed by atoms with Gasteiger partial charge in [0.15, 0.2) is 0 Å². The summed E-state index contributed by atoms with van der Waals surface area (Å²) in [5.74, 6) is -0.825. The smallest absolute Gasteiger partial charge is 0.289 e. The van der Waals surface area contributed by atoms with E-state index in [0.717, 1.165) is 23.4 Å². The first-order valence-electron chi connectivity index (χ1n) is 8.89. The van der Waals surface area contributed by atoms with E-state index in [1.54, 1.807) is 30.3 Å². The molecule has 1 amide bonds. The minimum Gasteiger partial charge on any atom is -0.363 e. The number of likely N-dealkylation sites (N-methyl/N-ethyl adjacent to an activating group) is 1. The number of allylic oxidation sites excluding steroid dienone is 1. The van der Waals surface area contributed by atoms with Crippen molar-refractivity contribution < 1.29 is 9.18 Å². The molecule has 5 nitrogen and oxygen atoms in total. The minimum atomic E-state index is -0.444. The predicted octanol–water partition coefficient (Wildman–Crippen LogP) is 4.01. The Balaban J connectivity index is 1.86. The summed E-state index contributed by atoms with van der Waals surface area (Å²) in [5.41, 5.74) is 5.69. The molecule has 0 aliphatic carbocycles. The van der Waals surface area contributed by atoms with Crippen LogP contribution in [0.15, 0.2) is 47.7 Å². The summed E-state index contributed by atoms with van der Waals surface area (Å²) >= 11 is 0. The van der Waals surface area contributed by atoms with E-state index in [-0.39, 0.29) is 17.1 Å². The van der Waals surface area contributed by atoms with Crippen molar-refractivity contribution in [1.82, 2.24) is 10.4 Å². The molecular formula is C21H23FN4O. The molecule has 6 heteroatoms. The Bertz CT molecular complexity index is 919. The Morgan fingerprint density at radius 1 is 1.37 bits per heavy atom. The van der Waals surface area contributed by atoms with Gasteiger partial charge >= 0.3 is 0 Å². The van der Waals surface area contributed by atoms with Gasteiger partial charge < -0.3 is 4.90 Å². The zero-order chi connectivity index (χ0) is 19.6. The summed E-state index contributed by atoms with van der Waals surface area (Å²) in [4.78, 5) is 18.1. The highest BCUT2D eigenvalue weighted by Gasteiger charge is 2.30. The number of carbonyl (C=O) groups excluding carboxylic acids is 1. The number of halogens is 1. The number of carbonyl (C=O) groups is 1. The molecule has 2 heterocycles. The first-order valence-corrected chi connectivity index (χ1v) is 8.89. The maximum absolute atomic E-state index is 14.7. The Morgan fingerprint density at radius 2 is 2.15 bits per heavy atom. The molecule has 2 aromatic rings. The lowest BCUT2D eigenvalue weighted by molar-refractivity contribution is 0.0950. The van der Waals surface area contributed by atoms with E-state index < -0.39 is 5.91 Å². The molecule has 1 aliphatic heterocycles. The van der Waals surface area contributed by atoms with Crippen LogP contribution in [0.3, 0.4) is 0 Å². The number of hydrogen-bond acceptors (Lipinski definition) is 4. The fourth-order valence-corrected chi connectivity index (χ4v) is 3.51. The molecule has 0 atom stereocenters. The lowest BCUT2D eigenvalue weighted by atomic mass is 9.88. The number of pyridine rings is 1. The fraction of sp³-hybridized carbons (Fsp3) is 0.286. The highest BCUT2D eigenvalue weighted by Crippen LogP contribution is 2.39. The van der Waals surface area contributed by atoms with Crippen LogP contribution in [0.2, 0.25) is 0 Å². The third kappa shape index (κ3) is 3.74. The van der Waals surface area contributed by atoms with Crippen LogP contribution in [-0.4, -0.2) is 29.2 Å². The van der Waals surface area contributed by atoms with Gasteiger partial charge in [-0.05, 0) is 57.5 Å². The van der Waals surface area contributed by atoms with Gasteiger partial charge in [0, 0.05) is 29.6 Å².